The van der Waals surface area contributed by atoms with Crippen LogP contribution in [-0.4, -0.2) is 42.0 Å². The molecule has 0 aliphatic heterocycles. The Morgan fingerprint density at radius 1 is 1.28 bits per heavy atom. The van der Waals surface area contributed by atoms with Gasteiger partial charge in [0.25, 0.3) is 0 Å². The van der Waals surface area contributed by atoms with Crippen molar-refractivity contribution in [2.24, 2.45) is 11.1 Å². The Bertz CT molecular complexity index is 327. The summed E-state index contributed by atoms with van der Waals surface area (Å²) in [6, 6.07) is 0. The van der Waals surface area contributed by atoms with E-state index in [2.05, 4.69) is 4.74 Å². The number of esters is 1. The van der Waals surface area contributed by atoms with Crippen LogP contribution >= 0.6 is 12.2 Å². The van der Waals surface area contributed by atoms with Gasteiger partial charge in [0.1, 0.15) is 6.54 Å². The quantitative estimate of drug-likeness (QED) is 0.556. The standard InChI is InChI=1S/C12H22N2O3S/c1-5-12(6-2,10(13)18)11(16)14(7-3)8-9(15)17-4/h5-8H2,1-4H3,(H2,13,18). The molecule has 0 radical (unpaired) electrons. The van der Waals surface area contributed by atoms with Crippen molar-refractivity contribution in [3.8, 4) is 0 Å². The maximum atomic E-state index is 12.5. The number of hydrogen-bond acceptors (Lipinski definition) is 4. The number of likely N-dealkylation sites (N-methyl/N-ethyl adjacent to an activating group) is 1. The van der Waals surface area contributed by atoms with Crippen LogP contribution in [0.5, 0.6) is 0 Å². The van der Waals surface area contributed by atoms with E-state index in [1.54, 1.807) is 6.92 Å². The first kappa shape index (κ1) is 16.8. The number of nitrogens with two attached hydrogens (primary N) is 1. The summed E-state index contributed by atoms with van der Waals surface area (Å²) in [5, 5.41) is 0. The fourth-order valence-corrected chi connectivity index (χ4v) is 2.23. The number of methoxy groups -OCH3 is 1. The van der Waals surface area contributed by atoms with E-state index >= 15 is 0 Å². The van der Waals surface area contributed by atoms with Crippen molar-refractivity contribution in [1.82, 2.24) is 4.90 Å². The van der Waals surface area contributed by atoms with Crippen molar-refractivity contribution in [3.63, 3.8) is 0 Å². The van der Waals surface area contributed by atoms with E-state index in [4.69, 9.17) is 18.0 Å². The molecular formula is C12H22N2O3S. The van der Waals surface area contributed by atoms with Crippen LogP contribution in [0, 0.1) is 5.41 Å². The zero-order valence-corrected chi connectivity index (χ0v) is 12.3. The summed E-state index contributed by atoms with van der Waals surface area (Å²) in [5.41, 5.74) is 4.86. The van der Waals surface area contributed by atoms with Gasteiger partial charge in [-0.3, -0.25) is 9.59 Å². The lowest BCUT2D eigenvalue weighted by atomic mass is 9.80. The number of nitrogens with zero attached hydrogens (tertiary/aromatic N) is 1. The van der Waals surface area contributed by atoms with E-state index in [1.807, 2.05) is 13.8 Å². The van der Waals surface area contributed by atoms with E-state index in [-0.39, 0.29) is 17.4 Å². The Labute approximate surface area is 114 Å². The molecule has 0 atom stereocenters. The smallest absolute Gasteiger partial charge is 0.325 e. The first-order valence-electron chi connectivity index (χ1n) is 6.05. The number of rotatable bonds is 7. The molecule has 0 bridgehead atoms. The summed E-state index contributed by atoms with van der Waals surface area (Å²) in [5.74, 6) is -0.651. The van der Waals surface area contributed by atoms with Crippen LogP contribution in [0.15, 0.2) is 0 Å². The molecule has 0 saturated carbocycles. The molecule has 0 spiro atoms. The summed E-state index contributed by atoms with van der Waals surface area (Å²) in [7, 11) is 1.29. The minimum atomic E-state index is -0.862. The van der Waals surface area contributed by atoms with Crippen molar-refractivity contribution in [1.29, 1.82) is 0 Å². The van der Waals surface area contributed by atoms with E-state index in [0.717, 1.165) is 0 Å². The minimum absolute atomic E-state index is 0.0732. The highest BCUT2D eigenvalue weighted by Crippen LogP contribution is 2.29. The molecule has 0 aliphatic rings. The SMILES string of the molecule is CCN(CC(=O)OC)C(=O)C(CC)(CC)C(N)=S. The molecule has 0 rings (SSSR count). The molecule has 0 saturated heterocycles. The number of carbonyl (C=O) groups is 2. The molecule has 0 aromatic rings. The van der Waals surface area contributed by atoms with Crippen LogP contribution < -0.4 is 5.73 Å². The van der Waals surface area contributed by atoms with Gasteiger partial charge in [0.15, 0.2) is 0 Å². The van der Waals surface area contributed by atoms with Crippen LogP contribution in [0.1, 0.15) is 33.6 Å². The fourth-order valence-electron chi connectivity index (χ4n) is 1.86. The third kappa shape index (κ3) is 3.41. The first-order chi connectivity index (χ1) is 8.39. The first-order valence-corrected chi connectivity index (χ1v) is 6.46. The van der Waals surface area contributed by atoms with E-state index in [0.29, 0.717) is 19.4 Å². The summed E-state index contributed by atoms with van der Waals surface area (Å²) in [6.45, 7) is 5.88. The highest BCUT2D eigenvalue weighted by molar-refractivity contribution is 7.80. The molecule has 0 aromatic heterocycles. The maximum absolute atomic E-state index is 12.5. The normalized spacial score (nSPS) is 10.9. The van der Waals surface area contributed by atoms with Gasteiger partial charge >= 0.3 is 5.97 Å². The molecule has 1 amide bonds. The topological polar surface area (TPSA) is 72.6 Å². The molecule has 0 unspecified atom stereocenters. The largest absolute Gasteiger partial charge is 0.468 e. The molecule has 18 heavy (non-hydrogen) atoms. The van der Waals surface area contributed by atoms with Crippen LogP contribution in [0.3, 0.4) is 0 Å². The van der Waals surface area contributed by atoms with Crippen molar-refractivity contribution < 1.29 is 14.3 Å². The zero-order chi connectivity index (χ0) is 14.3. The zero-order valence-electron chi connectivity index (χ0n) is 11.5. The van der Waals surface area contributed by atoms with Crippen LogP contribution in [0.4, 0.5) is 0 Å². The maximum Gasteiger partial charge on any atom is 0.325 e. The lowest BCUT2D eigenvalue weighted by Gasteiger charge is -2.34. The third-order valence-electron chi connectivity index (χ3n) is 3.30. The summed E-state index contributed by atoms with van der Waals surface area (Å²) in [6.07, 6.45) is 1.05. The van der Waals surface area contributed by atoms with Crippen LogP contribution in [-0.2, 0) is 14.3 Å². The fraction of sp³-hybridized carbons (Fsp3) is 0.750. The van der Waals surface area contributed by atoms with Crippen molar-refractivity contribution >= 4 is 29.1 Å². The average Bonchev–Trinajstić information content (AvgIpc) is 2.36. The van der Waals surface area contributed by atoms with Gasteiger partial charge in [-0.15, -0.1) is 0 Å². The molecule has 0 aromatic carbocycles. The lowest BCUT2D eigenvalue weighted by Crippen LogP contribution is -2.51. The average molecular weight is 274 g/mol. The van der Waals surface area contributed by atoms with Crippen molar-refractivity contribution in [2.75, 3.05) is 20.2 Å². The summed E-state index contributed by atoms with van der Waals surface area (Å²) in [4.78, 5) is 25.4. The molecule has 6 heteroatoms. The van der Waals surface area contributed by atoms with Gasteiger partial charge in [-0.05, 0) is 19.8 Å². The van der Waals surface area contributed by atoms with E-state index in [1.165, 1.54) is 12.0 Å². The van der Waals surface area contributed by atoms with Gasteiger partial charge in [0.2, 0.25) is 5.91 Å². The predicted molar refractivity (Wildman–Crippen MR) is 74.1 cm³/mol. The summed E-state index contributed by atoms with van der Waals surface area (Å²) >= 11 is 5.03. The monoisotopic (exact) mass is 274 g/mol. The highest BCUT2D eigenvalue weighted by atomic mass is 32.1. The van der Waals surface area contributed by atoms with Gasteiger partial charge in [-0.25, -0.2) is 0 Å². The van der Waals surface area contributed by atoms with Crippen LogP contribution in [0.2, 0.25) is 0 Å². The second-order valence-electron chi connectivity index (χ2n) is 4.05. The van der Waals surface area contributed by atoms with Crippen molar-refractivity contribution in [2.45, 2.75) is 33.6 Å². The van der Waals surface area contributed by atoms with Gasteiger partial charge in [-0.2, -0.15) is 0 Å². The van der Waals surface area contributed by atoms with Crippen LogP contribution in [0.25, 0.3) is 0 Å². The number of ether oxygens (including phenoxy) is 1. The Hall–Kier alpha value is -1.17. The number of amides is 1. The molecular weight excluding hydrogens is 252 g/mol. The molecule has 0 fully saturated rings. The number of carbonyl (C=O) groups excluding carboxylic acids is 2. The number of hydrogen-bond donors (Lipinski definition) is 1. The Morgan fingerprint density at radius 3 is 2.06 bits per heavy atom. The summed E-state index contributed by atoms with van der Waals surface area (Å²) < 4.78 is 4.58. The molecule has 0 heterocycles. The predicted octanol–water partition coefficient (Wildman–Crippen LogP) is 1.10. The van der Waals surface area contributed by atoms with E-state index < -0.39 is 11.4 Å². The molecule has 2 N–H and O–H groups in total. The van der Waals surface area contributed by atoms with Gasteiger partial charge in [-0.1, -0.05) is 26.1 Å². The van der Waals surface area contributed by atoms with E-state index in [9.17, 15) is 9.59 Å². The second-order valence-corrected chi connectivity index (χ2v) is 4.49. The van der Waals surface area contributed by atoms with Crippen molar-refractivity contribution in [3.05, 3.63) is 0 Å². The van der Waals surface area contributed by atoms with Gasteiger partial charge in [0.05, 0.1) is 17.5 Å². The third-order valence-corrected chi connectivity index (χ3v) is 3.70. The van der Waals surface area contributed by atoms with Gasteiger partial charge < -0.3 is 15.4 Å². The number of thiocarbonyl (C=S) groups is 1. The molecule has 104 valence electrons. The second kappa shape index (κ2) is 7.31. The molecule has 0 aliphatic carbocycles. The van der Waals surface area contributed by atoms with Gasteiger partial charge in [0, 0.05) is 6.54 Å². The lowest BCUT2D eigenvalue weighted by molar-refractivity contribution is -0.149. The Morgan fingerprint density at radius 2 is 1.78 bits per heavy atom. The highest BCUT2D eigenvalue weighted by Gasteiger charge is 2.41. The minimum Gasteiger partial charge on any atom is -0.468 e. The Balaban J connectivity index is 5.16. The molecule has 5 nitrogen and oxygen atoms in total. The Kier molecular flexibility index (Phi) is 6.83.